The van der Waals surface area contributed by atoms with Gasteiger partial charge in [0.1, 0.15) is 5.75 Å². The largest absolute Gasteiger partial charge is 0.506 e. The van der Waals surface area contributed by atoms with Crippen molar-refractivity contribution in [2.75, 3.05) is 0 Å². The highest BCUT2D eigenvalue weighted by Gasteiger charge is 2.25. The second-order valence-corrected chi connectivity index (χ2v) is 6.00. The highest BCUT2D eigenvalue weighted by Crippen LogP contribution is 2.36. The summed E-state index contributed by atoms with van der Waals surface area (Å²) in [5.41, 5.74) is 6.54. The number of aromatic hydroxyl groups is 1. The topological polar surface area (TPSA) is 66.5 Å². The summed E-state index contributed by atoms with van der Waals surface area (Å²) in [5, 5.41) is 20.0. The molecule has 1 unspecified atom stereocenters. The van der Waals surface area contributed by atoms with Crippen molar-refractivity contribution in [2.24, 2.45) is 11.7 Å². The molecule has 3 atom stereocenters. The molecule has 3 nitrogen and oxygen atoms in total. The molecular weight excluding hydrogens is 385 g/mol. The van der Waals surface area contributed by atoms with Crippen molar-refractivity contribution in [3.63, 3.8) is 0 Å². The van der Waals surface area contributed by atoms with Crippen LogP contribution < -0.4 is 5.73 Å². The van der Waals surface area contributed by atoms with Crippen LogP contribution in [0.5, 0.6) is 5.75 Å². The minimum Gasteiger partial charge on any atom is -0.506 e. The van der Waals surface area contributed by atoms with Crippen LogP contribution in [0.3, 0.4) is 0 Å². The Morgan fingerprint density at radius 2 is 1.89 bits per heavy atom. The van der Waals surface area contributed by atoms with E-state index in [4.69, 9.17) is 5.73 Å². The molecule has 1 rings (SSSR count). The van der Waals surface area contributed by atoms with Crippen molar-refractivity contribution in [3.8, 4) is 5.75 Å². The lowest BCUT2D eigenvalue weighted by Gasteiger charge is -2.25. The number of aliphatic hydroxyl groups is 1. The fourth-order valence-corrected chi connectivity index (χ4v) is 2.88. The molecule has 0 heterocycles. The highest BCUT2D eigenvalue weighted by atomic mass is 79.9. The van der Waals surface area contributed by atoms with E-state index in [0.717, 1.165) is 10.9 Å². The van der Waals surface area contributed by atoms with Gasteiger partial charge in [-0.2, -0.15) is 0 Å². The quantitative estimate of drug-likeness (QED) is 0.717. The number of phenols is 1. The Bertz CT molecular complexity index is 404. The second kappa shape index (κ2) is 7.70. The molecule has 0 aliphatic rings. The smallest absolute Gasteiger partial charge is 0.134 e. The number of rotatable bonds is 4. The van der Waals surface area contributed by atoms with Crippen LogP contribution in [-0.4, -0.2) is 16.3 Å². The molecule has 1 aromatic rings. The number of benzene rings is 1. The summed E-state index contributed by atoms with van der Waals surface area (Å²) in [6.07, 6.45) is 0.164. The molecule has 0 bridgehead atoms. The van der Waals surface area contributed by atoms with E-state index < -0.39 is 12.1 Å². The molecule has 0 saturated carbocycles. The van der Waals surface area contributed by atoms with Gasteiger partial charge in [0.2, 0.25) is 0 Å². The lowest BCUT2D eigenvalue weighted by molar-refractivity contribution is 0.0870. The van der Waals surface area contributed by atoms with Crippen LogP contribution in [0.15, 0.2) is 21.1 Å². The number of aliphatic hydroxyl groups excluding tert-OH is 1. The van der Waals surface area contributed by atoms with Crippen LogP contribution in [0, 0.1) is 5.92 Å². The first-order valence-electron chi connectivity index (χ1n) is 5.50. The zero-order valence-electron chi connectivity index (χ0n) is 10.2. The first-order chi connectivity index (χ1) is 7.88. The van der Waals surface area contributed by atoms with Gasteiger partial charge in [0.25, 0.3) is 0 Å². The zero-order chi connectivity index (χ0) is 13.2. The normalized spacial score (nSPS) is 15.7. The minimum absolute atomic E-state index is 0. The average molecular weight is 404 g/mol. The summed E-state index contributed by atoms with van der Waals surface area (Å²) >= 11 is 6.59. The van der Waals surface area contributed by atoms with Gasteiger partial charge in [-0.05, 0) is 34.0 Å². The number of hydrogen-bond donors (Lipinski definition) is 3. The molecule has 0 aromatic heterocycles. The molecule has 0 amide bonds. The van der Waals surface area contributed by atoms with E-state index in [1.807, 2.05) is 13.8 Å². The van der Waals surface area contributed by atoms with Gasteiger partial charge in [0, 0.05) is 10.0 Å². The van der Waals surface area contributed by atoms with E-state index in [0.29, 0.717) is 10.0 Å². The fourth-order valence-electron chi connectivity index (χ4n) is 1.62. The van der Waals surface area contributed by atoms with Gasteiger partial charge in [0.15, 0.2) is 0 Å². The Morgan fingerprint density at radius 3 is 2.39 bits per heavy atom. The fraction of sp³-hybridized carbons (Fsp3) is 0.500. The Morgan fingerprint density at radius 1 is 1.33 bits per heavy atom. The number of halogens is 3. The molecule has 0 fully saturated rings. The molecule has 0 aliphatic heterocycles. The second-order valence-electron chi connectivity index (χ2n) is 4.23. The number of phenolic OH excluding ortho intramolecular Hbond substituents is 1. The van der Waals surface area contributed by atoms with Gasteiger partial charge in [-0.3, -0.25) is 0 Å². The summed E-state index contributed by atoms with van der Waals surface area (Å²) in [7, 11) is 0. The number of nitrogens with two attached hydrogens (primary N) is 1. The third-order valence-electron chi connectivity index (χ3n) is 3.01. The molecule has 4 N–H and O–H groups in total. The average Bonchev–Trinajstić information content (AvgIpc) is 2.30. The molecule has 0 aliphatic carbocycles. The Balaban J connectivity index is 0.00000289. The minimum atomic E-state index is -0.674. The van der Waals surface area contributed by atoms with Gasteiger partial charge in [-0.25, -0.2) is 0 Å². The van der Waals surface area contributed by atoms with Crippen molar-refractivity contribution >= 4 is 44.3 Å². The van der Waals surface area contributed by atoms with E-state index in [1.165, 1.54) is 0 Å². The maximum atomic E-state index is 10.1. The summed E-state index contributed by atoms with van der Waals surface area (Å²) in [4.78, 5) is 0. The molecule has 18 heavy (non-hydrogen) atoms. The zero-order valence-corrected chi connectivity index (χ0v) is 14.2. The van der Waals surface area contributed by atoms with Crippen LogP contribution in [-0.2, 0) is 0 Å². The molecular formula is C12H18Br2ClNO2. The third kappa shape index (κ3) is 4.10. The first kappa shape index (κ1) is 18.2. The monoisotopic (exact) mass is 401 g/mol. The van der Waals surface area contributed by atoms with Gasteiger partial charge in [0.05, 0.1) is 16.6 Å². The molecule has 1 aromatic carbocycles. The maximum Gasteiger partial charge on any atom is 0.134 e. The molecule has 0 radical (unpaired) electrons. The van der Waals surface area contributed by atoms with Gasteiger partial charge in [-0.1, -0.05) is 36.2 Å². The van der Waals surface area contributed by atoms with Crippen molar-refractivity contribution in [1.82, 2.24) is 0 Å². The van der Waals surface area contributed by atoms with E-state index in [2.05, 4.69) is 31.9 Å². The van der Waals surface area contributed by atoms with Crippen molar-refractivity contribution in [1.29, 1.82) is 0 Å². The summed E-state index contributed by atoms with van der Waals surface area (Å²) in [6, 6.07) is 2.87. The van der Waals surface area contributed by atoms with E-state index in [1.54, 1.807) is 12.1 Å². The highest BCUT2D eigenvalue weighted by molar-refractivity contribution is 9.11. The van der Waals surface area contributed by atoms with Crippen LogP contribution >= 0.6 is 44.3 Å². The Hall–Kier alpha value is 0.190. The first-order valence-corrected chi connectivity index (χ1v) is 7.08. The summed E-state index contributed by atoms with van der Waals surface area (Å²) < 4.78 is 1.37. The van der Waals surface area contributed by atoms with Gasteiger partial charge >= 0.3 is 0 Å². The van der Waals surface area contributed by atoms with E-state index >= 15 is 0 Å². The summed E-state index contributed by atoms with van der Waals surface area (Å²) in [6.45, 7) is 3.94. The maximum absolute atomic E-state index is 10.1. The Labute approximate surface area is 130 Å². The molecule has 104 valence electrons. The predicted molar refractivity (Wildman–Crippen MR) is 83.1 cm³/mol. The van der Waals surface area contributed by atoms with E-state index in [9.17, 15) is 10.2 Å². The predicted octanol–water partition coefficient (Wildman–Crippen LogP) is 3.75. The number of hydrogen-bond acceptors (Lipinski definition) is 3. The lowest BCUT2D eigenvalue weighted by atomic mass is 9.91. The van der Waals surface area contributed by atoms with Gasteiger partial charge in [-0.15, -0.1) is 12.4 Å². The van der Waals surface area contributed by atoms with E-state index in [-0.39, 0.29) is 24.1 Å². The SMILES string of the molecule is CCC(C)[C@@H](O)[C@@H](N)c1cc(Br)cc(Br)c1O.Cl. The molecule has 0 saturated heterocycles. The van der Waals surface area contributed by atoms with Crippen molar-refractivity contribution < 1.29 is 10.2 Å². The van der Waals surface area contributed by atoms with Crippen LogP contribution in [0.4, 0.5) is 0 Å². The standard InChI is InChI=1S/C12H17Br2NO2.ClH/c1-3-6(2)11(16)10(15)8-4-7(13)5-9(14)12(8)17;/h4-6,10-11,16-17H,3,15H2,1-2H3;1H/t6?,10-,11+;/m0./s1. The summed E-state index contributed by atoms with van der Waals surface area (Å²) in [5.74, 6) is 0.171. The van der Waals surface area contributed by atoms with Crippen molar-refractivity contribution in [3.05, 3.63) is 26.6 Å². The molecule has 6 heteroatoms. The van der Waals surface area contributed by atoms with Gasteiger partial charge < -0.3 is 15.9 Å². The van der Waals surface area contributed by atoms with Crippen molar-refractivity contribution in [2.45, 2.75) is 32.4 Å². The van der Waals surface area contributed by atoms with Crippen LogP contribution in [0.1, 0.15) is 31.9 Å². The molecule has 0 spiro atoms. The third-order valence-corrected chi connectivity index (χ3v) is 4.07. The Kier molecular flexibility index (Phi) is 7.78. The van der Waals surface area contributed by atoms with Crippen LogP contribution in [0.25, 0.3) is 0 Å². The lowest BCUT2D eigenvalue weighted by Crippen LogP contribution is -2.31. The van der Waals surface area contributed by atoms with Crippen LogP contribution in [0.2, 0.25) is 0 Å².